The number of hydrogen-bond donors (Lipinski definition) is 1. The molecule has 0 bridgehead atoms. The number of carbonyl (C=O) groups excluding carboxylic acids is 1. The minimum Gasteiger partial charge on any atom is -0.493 e. The molecule has 0 unspecified atom stereocenters. The van der Waals surface area contributed by atoms with E-state index in [9.17, 15) is 17.6 Å². The zero-order chi connectivity index (χ0) is 28.6. The minimum absolute atomic E-state index is 0.0619. The molecule has 3 rings (SSSR count). The fourth-order valence-electron chi connectivity index (χ4n) is 3.59. The molecule has 208 valence electrons. The number of rotatable bonds is 12. The number of ether oxygens (including phenoxy) is 5. The molecule has 0 aliphatic heterocycles. The van der Waals surface area contributed by atoms with Crippen LogP contribution in [0.4, 0.5) is 10.1 Å². The second kappa shape index (κ2) is 12.8. The van der Waals surface area contributed by atoms with Gasteiger partial charge < -0.3 is 23.7 Å². The van der Waals surface area contributed by atoms with Crippen molar-refractivity contribution in [3.8, 4) is 28.7 Å². The molecule has 0 spiro atoms. The SMILES string of the molecule is COc1ccc(S(=O)(=O)N(CC(=O)N/N=C\c2ccc(OC)c(OC)c2OC)c2ccc(F)cc2)cc1OC. The van der Waals surface area contributed by atoms with Crippen LogP contribution in [0.1, 0.15) is 5.56 Å². The summed E-state index contributed by atoms with van der Waals surface area (Å²) in [4.78, 5) is 12.7. The molecule has 0 aromatic heterocycles. The van der Waals surface area contributed by atoms with Crippen LogP contribution >= 0.6 is 0 Å². The summed E-state index contributed by atoms with van der Waals surface area (Å²) < 4.78 is 68.0. The molecule has 0 saturated heterocycles. The van der Waals surface area contributed by atoms with Gasteiger partial charge in [0, 0.05) is 11.6 Å². The summed E-state index contributed by atoms with van der Waals surface area (Å²) in [6.45, 7) is -0.664. The number of sulfonamides is 1. The number of methoxy groups -OCH3 is 5. The quantitative estimate of drug-likeness (QED) is 0.264. The Hall–Kier alpha value is -4.52. The summed E-state index contributed by atoms with van der Waals surface area (Å²) in [6.07, 6.45) is 1.31. The van der Waals surface area contributed by atoms with Crippen molar-refractivity contribution in [3.05, 3.63) is 66.0 Å². The number of hydrazone groups is 1. The molecule has 3 aromatic carbocycles. The average molecular weight is 562 g/mol. The van der Waals surface area contributed by atoms with Crippen molar-refractivity contribution in [2.24, 2.45) is 5.10 Å². The lowest BCUT2D eigenvalue weighted by atomic mass is 10.2. The van der Waals surface area contributed by atoms with E-state index in [0.717, 1.165) is 16.4 Å². The molecule has 1 N–H and O–H groups in total. The molecule has 39 heavy (non-hydrogen) atoms. The van der Waals surface area contributed by atoms with Crippen LogP contribution in [0, 0.1) is 5.82 Å². The Morgan fingerprint density at radius 2 is 1.46 bits per heavy atom. The van der Waals surface area contributed by atoms with Gasteiger partial charge in [0.1, 0.15) is 12.4 Å². The fourth-order valence-corrected chi connectivity index (χ4v) is 5.03. The van der Waals surface area contributed by atoms with Crippen LogP contribution in [0.5, 0.6) is 28.7 Å². The molecule has 0 heterocycles. The molecule has 0 radical (unpaired) electrons. The molecule has 0 fully saturated rings. The van der Waals surface area contributed by atoms with Crippen LogP contribution in [0.25, 0.3) is 0 Å². The summed E-state index contributed by atoms with van der Waals surface area (Å²) in [5.74, 6) is 0.251. The molecule has 0 aliphatic carbocycles. The van der Waals surface area contributed by atoms with Gasteiger partial charge in [-0.2, -0.15) is 5.10 Å². The maximum absolute atomic E-state index is 13.6. The maximum Gasteiger partial charge on any atom is 0.264 e. The zero-order valence-electron chi connectivity index (χ0n) is 21.9. The van der Waals surface area contributed by atoms with Crippen molar-refractivity contribution in [3.63, 3.8) is 0 Å². The summed E-state index contributed by atoms with van der Waals surface area (Å²) in [6, 6.07) is 12.0. The number of amides is 1. The Morgan fingerprint density at radius 1 is 0.846 bits per heavy atom. The Bertz CT molecular complexity index is 1450. The van der Waals surface area contributed by atoms with Crippen molar-refractivity contribution in [1.82, 2.24) is 5.43 Å². The van der Waals surface area contributed by atoms with E-state index in [1.165, 1.54) is 72.1 Å². The highest BCUT2D eigenvalue weighted by Crippen LogP contribution is 2.39. The molecule has 0 saturated carbocycles. The maximum atomic E-state index is 13.6. The Morgan fingerprint density at radius 3 is 2.05 bits per heavy atom. The Balaban J connectivity index is 1.90. The minimum atomic E-state index is -4.31. The predicted molar refractivity (Wildman–Crippen MR) is 142 cm³/mol. The van der Waals surface area contributed by atoms with Gasteiger partial charge >= 0.3 is 0 Å². The van der Waals surface area contributed by atoms with Crippen molar-refractivity contribution in [2.75, 3.05) is 46.4 Å². The zero-order valence-corrected chi connectivity index (χ0v) is 22.7. The van der Waals surface area contributed by atoms with Crippen LogP contribution in [-0.2, 0) is 14.8 Å². The van der Waals surface area contributed by atoms with E-state index in [2.05, 4.69) is 10.5 Å². The van der Waals surface area contributed by atoms with E-state index in [4.69, 9.17) is 23.7 Å². The third kappa shape index (κ3) is 6.49. The molecule has 13 heteroatoms. The highest BCUT2D eigenvalue weighted by molar-refractivity contribution is 7.92. The monoisotopic (exact) mass is 561 g/mol. The third-order valence-corrected chi connectivity index (χ3v) is 7.24. The smallest absolute Gasteiger partial charge is 0.264 e. The van der Waals surface area contributed by atoms with Crippen molar-refractivity contribution in [1.29, 1.82) is 0 Å². The van der Waals surface area contributed by atoms with Gasteiger partial charge in [-0.15, -0.1) is 0 Å². The number of nitrogens with zero attached hydrogens (tertiary/aromatic N) is 2. The van der Waals surface area contributed by atoms with E-state index < -0.39 is 28.3 Å². The number of hydrogen-bond acceptors (Lipinski definition) is 9. The predicted octanol–water partition coefficient (Wildman–Crippen LogP) is 3.21. The van der Waals surface area contributed by atoms with Gasteiger partial charge in [0.2, 0.25) is 5.75 Å². The van der Waals surface area contributed by atoms with Crippen LogP contribution in [0.15, 0.2) is 64.6 Å². The normalized spacial score (nSPS) is 11.1. The van der Waals surface area contributed by atoms with Crippen LogP contribution in [0.3, 0.4) is 0 Å². The summed E-state index contributed by atoms with van der Waals surface area (Å²) in [7, 11) is 2.84. The van der Waals surface area contributed by atoms with Crippen molar-refractivity contribution >= 4 is 27.8 Å². The van der Waals surface area contributed by atoms with Gasteiger partial charge in [0.15, 0.2) is 23.0 Å². The highest BCUT2D eigenvalue weighted by Gasteiger charge is 2.28. The molecule has 3 aromatic rings. The van der Waals surface area contributed by atoms with Crippen LogP contribution < -0.4 is 33.4 Å². The first-order valence-electron chi connectivity index (χ1n) is 11.3. The lowest BCUT2D eigenvalue weighted by molar-refractivity contribution is -0.119. The van der Waals surface area contributed by atoms with Gasteiger partial charge in [-0.1, -0.05) is 0 Å². The molecule has 0 atom stereocenters. The van der Waals surface area contributed by atoms with Crippen LogP contribution in [-0.4, -0.2) is 62.6 Å². The van der Waals surface area contributed by atoms with E-state index in [0.29, 0.717) is 28.6 Å². The number of anilines is 1. The summed E-state index contributed by atoms with van der Waals surface area (Å²) >= 11 is 0. The Labute approximate surface area is 225 Å². The van der Waals surface area contributed by atoms with Gasteiger partial charge in [-0.3, -0.25) is 9.10 Å². The average Bonchev–Trinajstić information content (AvgIpc) is 2.95. The second-order valence-electron chi connectivity index (χ2n) is 7.72. The standard InChI is InChI=1S/C26H28FN3O8S/c1-34-21-13-11-20(14-23(21)36-3)39(32,33)30(19-9-7-18(27)8-10-19)16-24(31)29-28-15-17-6-12-22(35-2)26(38-5)25(17)37-4/h6-15H,16H2,1-5H3,(H,29,31)/b28-15-. The Kier molecular flexibility index (Phi) is 9.55. The number of nitrogens with one attached hydrogen (secondary N) is 1. The third-order valence-electron chi connectivity index (χ3n) is 5.47. The van der Waals surface area contributed by atoms with Gasteiger partial charge in [0.05, 0.1) is 52.3 Å². The lowest BCUT2D eigenvalue weighted by Gasteiger charge is -2.24. The van der Waals surface area contributed by atoms with Crippen molar-refractivity contribution < 1.29 is 41.3 Å². The molecule has 11 nitrogen and oxygen atoms in total. The molecular weight excluding hydrogens is 533 g/mol. The highest BCUT2D eigenvalue weighted by atomic mass is 32.2. The second-order valence-corrected chi connectivity index (χ2v) is 9.58. The fraction of sp³-hybridized carbons (Fsp3) is 0.231. The topological polar surface area (TPSA) is 125 Å². The number of benzene rings is 3. The van der Waals surface area contributed by atoms with Crippen LogP contribution in [0.2, 0.25) is 0 Å². The molecular formula is C26H28FN3O8S. The largest absolute Gasteiger partial charge is 0.493 e. The number of carbonyl (C=O) groups is 1. The first-order valence-corrected chi connectivity index (χ1v) is 12.7. The molecule has 0 aliphatic rings. The van der Waals surface area contributed by atoms with Gasteiger partial charge in [-0.25, -0.2) is 18.2 Å². The molecule has 1 amide bonds. The van der Waals surface area contributed by atoms with E-state index in [1.54, 1.807) is 12.1 Å². The van der Waals surface area contributed by atoms with Crippen molar-refractivity contribution in [2.45, 2.75) is 4.90 Å². The van der Waals surface area contributed by atoms with Gasteiger partial charge in [0.25, 0.3) is 15.9 Å². The van der Waals surface area contributed by atoms with E-state index >= 15 is 0 Å². The summed E-state index contributed by atoms with van der Waals surface area (Å²) in [5, 5.41) is 3.93. The number of halogens is 1. The summed E-state index contributed by atoms with van der Waals surface area (Å²) in [5.41, 5.74) is 2.83. The van der Waals surface area contributed by atoms with Gasteiger partial charge in [-0.05, 0) is 48.5 Å². The first kappa shape index (κ1) is 29.0. The van der Waals surface area contributed by atoms with E-state index in [-0.39, 0.29) is 16.3 Å². The van der Waals surface area contributed by atoms with E-state index in [1.807, 2.05) is 0 Å². The lowest BCUT2D eigenvalue weighted by Crippen LogP contribution is -2.39. The first-order chi connectivity index (χ1) is 18.7.